The lowest BCUT2D eigenvalue weighted by atomic mass is 10.0. The SMILES string of the molecule is CNCc1sc(N2CC3CCCC3C2)nc1COC. The third-order valence-electron chi connectivity index (χ3n) is 4.38. The summed E-state index contributed by atoms with van der Waals surface area (Å²) in [5.41, 5.74) is 1.11. The molecule has 0 radical (unpaired) electrons. The van der Waals surface area contributed by atoms with Crippen LogP contribution in [0.25, 0.3) is 0 Å². The van der Waals surface area contributed by atoms with Crippen molar-refractivity contribution in [3.8, 4) is 0 Å². The zero-order valence-corrected chi connectivity index (χ0v) is 12.6. The molecule has 0 aromatic carbocycles. The van der Waals surface area contributed by atoms with Crippen LogP contribution < -0.4 is 10.2 Å². The van der Waals surface area contributed by atoms with Crippen molar-refractivity contribution < 1.29 is 4.74 Å². The normalized spacial score (nSPS) is 26.1. The Morgan fingerprint density at radius 2 is 2.11 bits per heavy atom. The van der Waals surface area contributed by atoms with Crippen LogP contribution in [0.2, 0.25) is 0 Å². The minimum Gasteiger partial charge on any atom is -0.378 e. The highest BCUT2D eigenvalue weighted by atomic mass is 32.1. The number of thiazole rings is 1. The standard InChI is InChI=1S/C14H23N3OS/c1-15-6-13-12(9-18-2)16-14(19-13)17-7-10-4-3-5-11(10)8-17/h10-11,15H,3-9H2,1-2H3. The molecular formula is C14H23N3OS. The van der Waals surface area contributed by atoms with Crippen molar-refractivity contribution in [2.75, 3.05) is 32.1 Å². The maximum Gasteiger partial charge on any atom is 0.185 e. The molecule has 0 bridgehead atoms. The summed E-state index contributed by atoms with van der Waals surface area (Å²) in [7, 11) is 3.72. The second-order valence-electron chi connectivity index (χ2n) is 5.69. The van der Waals surface area contributed by atoms with Gasteiger partial charge >= 0.3 is 0 Å². The van der Waals surface area contributed by atoms with Gasteiger partial charge in [-0.25, -0.2) is 4.98 Å². The monoisotopic (exact) mass is 281 g/mol. The zero-order chi connectivity index (χ0) is 13.2. The Morgan fingerprint density at radius 3 is 2.74 bits per heavy atom. The Bertz CT molecular complexity index is 399. The number of anilines is 1. The van der Waals surface area contributed by atoms with Crippen molar-refractivity contribution in [2.24, 2.45) is 11.8 Å². The molecule has 0 spiro atoms. The van der Waals surface area contributed by atoms with E-state index in [1.807, 2.05) is 18.4 Å². The summed E-state index contributed by atoms with van der Waals surface area (Å²) in [4.78, 5) is 8.62. The van der Waals surface area contributed by atoms with E-state index >= 15 is 0 Å². The van der Waals surface area contributed by atoms with Crippen LogP contribution in [-0.2, 0) is 17.9 Å². The summed E-state index contributed by atoms with van der Waals surface area (Å²) in [6.45, 7) is 3.93. The largest absolute Gasteiger partial charge is 0.378 e. The Balaban J connectivity index is 1.75. The second-order valence-corrected chi connectivity index (χ2v) is 6.75. The van der Waals surface area contributed by atoms with Gasteiger partial charge in [0.1, 0.15) is 0 Å². The summed E-state index contributed by atoms with van der Waals surface area (Å²) in [5.74, 6) is 1.84. The number of hydrogen-bond donors (Lipinski definition) is 1. The van der Waals surface area contributed by atoms with E-state index in [1.54, 1.807) is 7.11 Å². The Labute approximate surface area is 119 Å². The maximum absolute atomic E-state index is 5.26. The van der Waals surface area contributed by atoms with E-state index in [0.717, 1.165) is 24.1 Å². The molecule has 2 atom stereocenters. The molecule has 19 heavy (non-hydrogen) atoms. The smallest absolute Gasteiger partial charge is 0.185 e. The van der Waals surface area contributed by atoms with E-state index in [4.69, 9.17) is 9.72 Å². The molecule has 1 saturated heterocycles. The van der Waals surface area contributed by atoms with Gasteiger partial charge in [0.2, 0.25) is 0 Å². The number of fused-ring (bicyclic) bond motifs is 1. The molecule has 2 fully saturated rings. The van der Waals surface area contributed by atoms with Gasteiger partial charge in [0.25, 0.3) is 0 Å². The number of ether oxygens (including phenoxy) is 1. The third kappa shape index (κ3) is 2.64. The summed E-state index contributed by atoms with van der Waals surface area (Å²) < 4.78 is 5.26. The van der Waals surface area contributed by atoms with Gasteiger partial charge in [0.15, 0.2) is 5.13 Å². The van der Waals surface area contributed by atoms with Gasteiger partial charge in [-0.05, 0) is 31.7 Å². The lowest BCUT2D eigenvalue weighted by molar-refractivity contribution is 0.181. The molecule has 1 aliphatic carbocycles. The van der Waals surface area contributed by atoms with Gasteiger partial charge in [-0.1, -0.05) is 6.42 Å². The number of hydrogen-bond acceptors (Lipinski definition) is 5. The first-order chi connectivity index (χ1) is 9.31. The average Bonchev–Trinajstić information content (AvgIpc) is 3.04. The van der Waals surface area contributed by atoms with Crippen LogP contribution in [0.15, 0.2) is 0 Å². The topological polar surface area (TPSA) is 37.4 Å². The van der Waals surface area contributed by atoms with Crippen molar-refractivity contribution in [3.63, 3.8) is 0 Å². The van der Waals surface area contributed by atoms with Crippen molar-refractivity contribution in [1.82, 2.24) is 10.3 Å². The minimum atomic E-state index is 0.619. The molecule has 5 heteroatoms. The molecule has 1 aliphatic heterocycles. The van der Waals surface area contributed by atoms with Crippen LogP contribution >= 0.6 is 11.3 Å². The van der Waals surface area contributed by atoms with Gasteiger partial charge in [-0.2, -0.15) is 0 Å². The lowest BCUT2D eigenvalue weighted by Gasteiger charge is -2.15. The molecule has 0 amide bonds. The molecule has 1 N–H and O–H groups in total. The quantitative estimate of drug-likeness (QED) is 0.898. The molecular weight excluding hydrogens is 258 g/mol. The Morgan fingerprint density at radius 1 is 1.37 bits per heavy atom. The predicted molar refractivity (Wildman–Crippen MR) is 78.6 cm³/mol. The number of nitrogens with zero attached hydrogens (tertiary/aromatic N) is 2. The highest BCUT2D eigenvalue weighted by Crippen LogP contribution is 2.40. The van der Waals surface area contributed by atoms with Gasteiger partial charge < -0.3 is 15.0 Å². The number of nitrogens with one attached hydrogen (secondary N) is 1. The van der Waals surface area contributed by atoms with Crippen LogP contribution in [0.4, 0.5) is 5.13 Å². The summed E-state index contributed by atoms with van der Waals surface area (Å²) in [6, 6.07) is 0. The molecule has 3 rings (SSSR count). The molecule has 1 aromatic rings. The van der Waals surface area contributed by atoms with E-state index in [-0.39, 0.29) is 0 Å². The first kappa shape index (κ1) is 13.3. The van der Waals surface area contributed by atoms with Crippen molar-refractivity contribution in [3.05, 3.63) is 10.6 Å². The molecule has 1 aromatic heterocycles. The fourth-order valence-corrected chi connectivity index (χ4v) is 4.54. The summed E-state index contributed by atoms with van der Waals surface area (Å²) in [5, 5.41) is 4.42. The minimum absolute atomic E-state index is 0.619. The molecule has 2 heterocycles. The van der Waals surface area contributed by atoms with Crippen LogP contribution in [0.5, 0.6) is 0 Å². The zero-order valence-electron chi connectivity index (χ0n) is 11.8. The summed E-state index contributed by atoms with van der Waals surface area (Å²) >= 11 is 1.83. The summed E-state index contributed by atoms with van der Waals surface area (Å²) in [6.07, 6.45) is 4.27. The highest BCUT2D eigenvalue weighted by Gasteiger charge is 2.37. The number of methoxy groups -OCH3 is 1. The van der Waals surface area contributed by atoms with Crippen molar-refractivity contribution in [2.45, 2.75) is 32.4 Å². The predicted octanol–water partition coefficient (Wildman–Crippen LogP) is 2.25. The van der Waals surface area contributed by atoms with Crippen molar-refractivity contribution >= 4 is 16.5 Å². The lowest BCUT2D eigenvalue weighted by Crippen LogP contribution is -2.20. The van der Waals surface area contributed by atoms with E-state index in [1.165, 1.54) is 42.4 Å². The Hall–Kier alpha value is -0.650. The van der Waals surface area contributed by atoms with Crippen LogP contribution in [0.1, 0.15) is 29.8 Å². The molecule has 2 aliphatic rings. The first-order valence-electron chi connectivity index (χ1n) is 7.19. The van der Waals surface area contributed by atoms with Gasteiger partial charge in [0.05, 0.1) is 12.3 Å². The third-order valence-corrected chi connectivity index (χ3v) is 5.54. The molecule has 4 nitrogen and oxygen atoms in total. The van der Waals surface area contributed by atoms with Crippen LogP contribution in [-0.4, -0.2) is 32.2 Å². The van der Waals surface area contributed by atoms with Gasteiger partial charge in [0, 0.05) is 31.6 Å². The second kappa shape index (κ2) is 5.77. The number of aromatic nitrogens is 1. The number of rotatable bonds is 5. The molecule has 106 valence electrons. The molecule has 1 saturated carbocycles. The molecule has 2 unspecified atom stereocenters. The Kier molecular flexibility index (Phi) is 4.05. The van der Waals surface area contributed by atoms with Crippen LogP contribution in [0, 0.1) is 11.8 Å². The van der Waals surface area contributed by atoms with E-state index < -0.39 is 0 Å². The first-order valence-corrected chi connectivity index (χ1v) is 8.00. The van der Waals surface area contributed by atoms with Crippen LogP contribution in [0.3, 0.4) is 0 Å². The average molecular weight is 281 g/mol. The van der Waals surface area contributed by atoms with E-state index in [9.17, 15) is 0 Å². The van der Waals surface area contributed by atoms with Gasteiger partial charge in [-0.3, -0.25) is 0 Å². The fourth-order valence-electron chi connectivity index (χ4n) is 3.44. The maximum atomic E-state index is 5.26. The van der Waals surface area contributed by atoms with E-state index in [0.29, 0.717) is 6.61 Å². The highest BCUT2D eigenvalue weighted by molar-refractivity contribution is 7.15. The van der Waals surface area contributed by atoms with Crippen molar-refractivity contribution in [1.29, 1.82) is 0 Å². The van der Waals surface area contributed by atoms with Gasteiger partial charge in [-0.15, -0.1) is 11.3 Å². The fraction of sp³-hybridized carbons (Fsp3) is 0.786. The van der Waals surface area contributed by atoms with E-state index in [2.05, 4.69) is 10.2 Å².